The second-order valence-corrected chi connectivity index (χ2v) is 0.854. The van der Waals surface area contributed by atoms with Gasteiger partial charge in [-0.2, -0.15) is 0 Å². The molecule has 0 aromatic carbocycles. The second kappa shape index (κ2) is 4.90. The molecule has 0 aromatic heterocycles. The van der Waals surface area contributed by atoms with Crippen molar-refractivity contribution in [1.82, 2.24) is 0 Å². The van der Waals surface area contributed by atoms with Crippen molar-refractivity contribution in [2.45, 2.75) is 6.92 Å². The molecule has 0 saturated carbocycles. The van der Waals surface area contributed by atoms with Gasteiger partial charge in [-0.1, -0.05) is 0 Å². The van der Waals surface area contributed by atoms with Crippen LogP contribution in [0.5, 0.6) is 0 Å². The maximum atomic E-state index is 4.73. The van der Waals surface area contributed by atoms with Gasteiger partial charge in [-0.25, -0.2) is 0 Å². The summed E-state index contributed by atoms with van der Waals surface area (Å²) in [5, 5.41) is 0. The van der Waals surface area contributed by atoms with Crippen molar-refractivity contribution < 1.29 is 0 Å². The molecular weight excluding hydrogens is 88.1 g/mol. The van der Waals surface area contributed by atoms with Crippen molar-refractivity contribution in [3.8, 4) is 6.57 Å². The summed E-state index contributed by atoms with van der Waals surface area (Å²) in [7, 11) is 0. The molecular formula is C5H7N2+. The first-order chi connectivity index (χ1) is 3.41. The van der Waals surface area contributed by atoms with Crippen molar-refractivity contribution >= 4 is 6.21 Å². The Morgan fingerprint density at radius 1 is 1.71 bits per heavy atom. The van der Waals surface area contributed by atoms with E-state index in [1.165, 1.54) is 12.4 Å². The van der Waals surface area contributed by atoms with E-state index in [1.54, 1.807) is 6.21 Å². The van der Waals surface area contributed by atoms with Crippen LogP contribution in [0, 0.1) is 6.57 Å². The Balaban J connectivity index is 3.33. The lowest BCUT2D eigenvalue weighted by molar-refractivity contribution is 1.58. The van der Waals surface area contributed by atoms with Crippen molar-refractivity contribution in [2.75, 3.05) is 0 Å². The molecule has 0 N–H and O–H groups in total. The molecule has 0 fully saturated rings. The SMILES string of the molecule is C#[N+]/C=C\N=C/C. The van der Waals surface area contributed by atoms with Crippen LogP contribution in [0.4, 0.5) is 0 Å². The average molecular weight is 95.1 g/mol. The van der Waals surface area contributed by atoms with Gasteiger partial charge >= 0.3 is 6.20 Å². The maximum Gasteiger partial charge on any atom is 0.323 e. The van der Waals surface area contributed by atoms with Crippen molar-refractivity contribution in [2.24, 2.45) is 4.99 Å². The predicted molar refractivity (Wildman–Crippen MR) is 31.6 cm³/mol. The van der Waals surface area contributed by atoms with Crippen LogP contribution in [0.15, 0.2) is 17.4 Å². The highest BCUT2D eigenvalue weighted by Crippen LogP contribution is 1.71. The highest BCUT2D eigenvalue weighted by Gasteiger charge is 1.64. The molecule has 2 nitrogen and oxygen atoms in total. The number of hydrogen-bond acceptors (Lipinski definition) is 1. The zero-order valence-corrected chi connectivity index (χ0v) is 4.20. The van der Waals surface area contributed by atoms with Crippen LogP contribution in [0.25, 0.3) is 4.85 Å². The molecule has 2 heteroatoms. The van der Waals surface area contributed by atoms with Crippen LogP contribution < -0.4 is 0 Å². The van der Waals surface area contributed by atoms with Crippen LogP contribution in [-0.4, -0.2) is 6.21 Å². The summed E-state index contributed by atoms with van der Waals surface area (Å²) in [5.41, 5.74) is 0. The minimum Gasteiger partial charge on any atom is -0.262 e. The number of hydrogen-bond donors (Lipinski definition) is 0. The van der Waals surface area contributed by atoms with Gasteiger partial charge in [0.05, 0.1) is 0 Å². The topological polar surface area (TPSA) is 16.7 Å². The molecule has 0 bridgehead atoms. The molecule has 0 aliphatic heterocycles. The molecule has 0 aliphatic carbocycles. The highest BCUT2D eigenvalue weighted by atomic mass is 14.7. The van der Waals surface area contributed by atoms with Crippen LogP contribution in [0.3, 0.4) is 0 Å². The van der Waals surface area contributed by atoms with E-state index < -0.39 is 0 Å². The van der Waals surface area contributed by atoms with E-state index in [-0.39, 0.29) is 0 Å². The highest BCUT2D eigenvalue weighted by molar-refractivity contribution is 5.54. The minimum absolute atomic E-state index is 1.42. The van der Waals surface area contributed by atoms with E-state index in [9.17, 15) is 0 Å². The number of nitrogens with zero attached hydrogens (tertiary/aromatic N) is 2. The lowest BCUT2D eigenvalue weighted by Gasteiger charge is -1.58. The van der Waals surface area contributed by atoms with Gasteiger partial charge < -0.3 is 0 Å². The van der Waals surface area contributed by atoms with E-state index in [0.29, 0.717) is 0 Å². The summed E-state index contributed by atoms with van der Waals surface area (Å²) in [6.07, 6.45) is 4.58. The Bertz CT molecular complexity index is 117. The smallest absolute Gasteiger partial charge is 0.262 e. The Morgan fingerprint density at radius 3 is 2.86 bits per heavy atom. The van der Waals surface area contributed by atoms with E-state index in [2.05, 4.69) is 9.84 Å². The summed E-state index contributed by atoms with van der Waals surface area (Å²) in [5.74, 6) is 0. The first-order valence-electron chi connectivity index (χ1n) is 1.94. The lowest BCUT2D eigenvalue weighted by atomic mass is 10.8. The van der Waals surface area contributed by atoms with Gasteiger partial charge in [0.1, 0.15) is 6.20 Å². The summed E-state index contributed by atoms with van der Waals surface area (Å²) in [4.78, 5) is 6.86. The van der Waals surface area contributed by atoms with Gasteiger partial charge in [0, 0.05) is 6.21 Å². The summed E-state index contributed by atoms with van der Waals surface area (Å²) in [6.45, 7) is 6.55. The maximum absolute atomic E-state index is 4.73. The lowest BCUT2D eigenvalue weighted by Crippen LogP contribution is -1.50. The van der Waals surface area contributed by atoms with Gasteiger partial charge in [-0.05, 0) is 11.8 Å². The van der Waals surface area contributed by atoms with Gasteiger partial charge in [0.25, 0.3) is 6.57 Å². The van der Waals surface area contributed by atoms with Gasteiger partial charge in [-0.3, -0.25) is 4.99 Å². The first kappa shape index (κ1) is 5.90. The molecule has 0 saturated heterocycles. The summed E-state index contributed by atoms with van der Waals surface area (Å²) in [6, 6.07) is 0. The summed E-state index contributed by atoms with van der Waals surface area (Å²) < 4.78 is 0. The molecule has 0 rings (SSSR count). The van der Waals surface area contributed by atoms with Gasteiger partial charge in [0.2, 0.25) is 0 Å². The molecule has 0 atom stereocenters. The molecule has 0 aliphatic rings. The van der Waals surface area contributed by atoms with Gasteiger partial charge in [0.15, 0.2) is 0 Å². The molecule has 7 heavy (non-hydrogen) atoms. The third-order valence-corrected chi connectivity index (χ3v) is 0.388. The van der Waals surface area contributed by atoms with Crippen molar-refractivity contribution in [3.05, 3.63) is 17.2 Å². The largest absolute Gasteiger partial charge is 0.323 e. The fourth-order valence-corrected chi connectivity index (χ4v) is 0.163. The van der Waals surface area contributed by atoms with Crippen molar-refractivity contribution in [3.63, 3.8) is 0 Å². The summed E-state index contributed by atoms with van der Waals surface area (Å²) >= 11 is 0. The van der Waals surface area contributed by atoms with Crippen molar-refractivity contribution in [1.29, 1.82) is 0 Å². The Kier molecular flexibility index (Phi) is 4.13. The Morgan fingerprint density at radius 2 is 2.43 bits per heavy atom. The quantitative estimate of drug-likeness (QED) is 0.439. The standard InChI is InChI=1S/C5H7N2/c1-3-7-5-4-6-2/h2-5H,1H3/q+1/b5-4-,7-3-. The Labute approximate surface area is 43.0 Å². The monoisotopic (exact) mass is 95.1 g/mol. The Hall–Kier alpha value is -1.10. The average Bonchev–Trinajstić information content (AvgIpc) is 1.69. The van der Waals surface area contributed by atoms with Gasteiger partial charge in [-0.15, -0.1) is 0 Å². The third-order valence-electron chi connectivity index (χ3n) is 0.388. The molecule has 0 heterocycles. The molecule has 0 aromatic rings. The first-order valence-corrected chi connectivity index (χ1v) is 1.94. The number of aliphatic imine (C=N–C) groups is 1. The number of rotatable bonds is 1. The normalized spacial score (nSPS) is 10.3. The fraction of sp³-hybridized carbons (Fsp3) is 0.200. The second-order valence-electron chi connectivity index (χ2n) is 0.854. The van der Waals surface area contributed by atoms with Crippen LogP contribution in [-0.2, 0) is 0 Å². The zero-order chi connectivity index (χ0) is 5.54. The molecule has 0 spiro atoms. The van der Waals surface area contributed by atoms with Crippen LogP contribution in [0.2, 0.25) is 0 Å². The molecule has 36 valence electrons. The molecule has 0 radical (unpaired) electrons. The molecule has 0 amide bonds. The van der Waals surface area contributed by atoms with E-state index in [4.69, 9.17) is 6.57 Å². The third kappa shape index (κ3) is 4.90. The predicted octanol–water partition coefficient (Wildman–Crippen LogP) is 1.51. The minimum atomic E-state index is 1.42. The zero-order valence-electron chi connectivity index (χ0n) is 4.20. The van der Waals surface area contributed by atoms with E-state index in [1.807, 2.05) is 6.92 Å². The fourth-order valence-electron chi connectivity index (χ4n) is 0.163. The van der Waals surface area contributed by atoms with Crippen LogP contribution in [0.1, 0.15) is 6.92 Å². The van der Waals surface area contributed by atoms with E-state index >= 15 is 0 Å². The van der Waals surface area contributed by atoms with E-state index in [0.717, 1.165) is 0 Å². The molecule has 0 unspecified atom stereocenters. The van der Waals surface area contributed by atoms with Crippen LogP contribution >= 0.6 is 0 Å².